The Balaban J connectivity index is 4.25. The topological polar surface area (TPSA) is 15.3 Å². The largest absolute Gasteiger partial charge is 0.316 e. The number of hydrogen-bond acceptors (Lipinski definition) is 2. The summed E-state index contributed by atoms with van der Waals surface area (Å²) in [6.07, 6.45) is 1.22. The van der Waals surface area contributed by atoms with E-state index in [2.05, 4.69) is 58.7 Å². The van der Waals surface area contributed by atoms with Crippen LogP contribution in [0.15, 0.2) is 0 Å². The van der Waals surface area contributed by atoms with Gasteiger partial charge in [0.15, 0.2) is 0 Å². The molecule has 0 radical (unpaired) electrons. The predicted molar refractivity (Wildman–Crippen MR) is 83.1 cm³/mol. The lowest BCUT2D eigenvalue weighted by atomic mass is 9.91. The number of nitrogens with zero attached hydrogens (tertiary/aromatic N) is 1. The molecule has 0 aliphatic heterocycles. The smallest absolute Gasteiger partial charge is 0.00451 e. The first-order valence-corrected chi connectivity index (χ1v) is 7.70. The third-order valence-corrected chi connectivity index (χ3v) is 2.93. The van der Waals surface area contributed by atoms with Crippen molar-refractivity contribution in [2.24, 2.45) is 17.3 Å². The molecule has 0 unspecified atom stereocenters. The fourth-order valence-electron chi connectivity index (χ4n) is 2.50. The maximum Gasteiger partial charge on any atom is 0.00451 e. The lowest BCUT2D eigenvalue weighted by molar-refractivity contribution is 0.145. The molecule has 0 saturated carbocycles. The zero-order valence-electron chi connectivity index (χ0n) is 13.8. The SMILES string of the molecule is CCCNCC(C)(C)CN(CC(C)C)CC(C)C. The molecule has 2 nitrogen and oxygen atoms in total. The molecule has 1 N–H and O–H groups in total. The van der Waals surface area contributed by atoms with Gasteiger partial charge in [-0.2, -0.15) is 0 Å². The summed E-state index contributed by atoms with van der Waals surface area (Å²) in [7, 11) is 0. The van der Waals surface area contributed by atoms with Crippen molar-refractivity contribution >= 4 is 0 Å². The molecule has 2 heteroatoms. The lowest BCUT2D eigenvalue weighted by Gasteiger charge is -2.35. The van der Waals surface area contributed by atoms with Gasteiger partial charge in [0.25, 0.3) is 0 Å². The van der Waals surface area contributed by atoms with E-state index >= 15 is 0 Å². The second kappa shape index (κ2) is 8.92. The molecule has 0 amide bonds. The monoisotopic (exact) mass is 256 g/mol. The molecule has 0 spiro atoms. The van der Waals surface area contributed by atoms with Gasteiger partial charge >= 0.3 is 0 Å². The first-order chi connectivity index (χ1) is 8.26. The van der Waals surface area contributed by atoms with E-state index in [0.29, 0.717) is 5.41 Å². The van der Waals surface area contributed by atoms with E-state index in [1.807, 2.05) is 0 Å². The van der Waals surface area contributed by atoms with Crippen LogP contribution in [0.2, 0.25) is 0 Å². The van der Waals surface area contributed by atoms with Gasteiger partial charge in [-0.3, -0.25) is 0 Å². The fraction of sp³-hybridized carbons (Fsp3) is 1.00. The van der Waals surface area contributed by atoms with E-state index in [0.717, 1.165) is 24.9 Å². The van der Waals surface area contributed by atoms with Gasteiger partial charge in [0.2, 0.25) is 0 Å². The van der Waals surface area contributed by atoms with E-state index in [9.17, 15) is 0 Å². The van der Waals surface area contributed by atoms with Gasteiger partial charge in [0, 0.05) is 26.2 Å². The Morgan fingerprint density at radius 1 is 1.00 bits per heavy atom. The minimum absolute atomic E-state index is 0.360. The summed E-state index contributed by atoms with van der Waals surface area (Å²) >= 11 is 0. The minimum Gasteiger partial charge on any atom is -0.316 e. The highest BCUT2D eigenvalue weighted by Crippen LogP contribution is 2.18. The van der Waals surface area contributed by atoms with E-state index in [1.54, 1.807) is 0 Å². The quantitative estimate of drug-likeness (QED) is 0.601. The molecule has 110 valence electrons. The third-order valence-electron chi connectivity index (χ3n) is 2.93. The van der Waals surface area contributed by atoms with Gasteiger partial charge in [-0.1, -0.05) is 48.5 Å². The van der Waals surface area contributed by atoms with Crippen molar-refractivity contribution < 1.29 is 0 Å². The van der Waals surface area contributed by atoms with Crippen LogP contribution in [0.5, 0.6) is 0 Å². The fourth-order valence-corrected chi connectivity index (χ4v) is 2.50. The van der Waals surface area contributed by atoms with E-state index < -0.39 is 0 Å². The summed E-state index contributed by atoms with van der Waals surface area (Å²) < 4.78 is 0. The second-order valence-corrected chi connectivity index (χ2v) is 7.32. The number of rotatable bonds is 10. The zero-order valence-corrected chi connectivity index (χ0v) is 13.8. The molecule has 0 rings (SSSR count). The Kier molecular flexibility index (Phi) is 8.89. The van der Waals surface area contributed by atoms with Crippen molar-refractivity contribution in [2.75, 3.05) is 32.7 Å². The molecule has 0 fully saturated rings. The third kappa shape index (κ3) is 9.90. The van der Waals surface area contributed by atoms with Crippen LogP contribution >= 0.6 is 0 Å². The first kappa shape index (κ1) is 17.9. The van der Waals surface area contributed by atoms with E-state index in [-0.39, 0.29) is 0 Å². The summed E-state index contributed by atoms with van der Waals surface area (Å²) in [5.41, 5.74) is 0.360. The summed E-state index contributed by atoms with van der Waals surface area (Å²) in [6, 6.07) is 0. The van der Waals surface area contributed by atoms with Gasteiger partial charge in [-0.05, 0) is 30.2 Å². The summed E-state index contributed by atoms with van der Waals surface area (Å²) in [4.78, 5) is 2.64. The van der Waals surface area contributed by atoms with Gasteiger partial charge < -0.3 is 10.2 Å². The summed E-state index contributed by atoms with van der Waals surface area (Å²) in [5, 5.41) is 3.56. The van der Waals surface area contributed by atoms with Crippen molar-refractivity contribution in [1.29, 1.82) is 0 Å². The molecular weight excluding hydrogens is 220 g/mol. The number of nitrogens with one attached hydrogen (secondary N) is 1. The van der Waals surface area contributed by atoms with Crippen LogP contribution in [0.3, 0.4) is 0 Å². The Labute approximate surface area is 116 Å². The Morgan fingerprint density at radius 2 is 1.50 bits per heavy atom. The standard InChI is InChI=1S/C16H36N2/c1-8-9-17-12-16(6,7)13-18(10-14(2)3)11-15(4)5/h14-15,17H,8-13H2,1-7H3. The molecule has 0 saturated heterocycles. The van der Waals surface area contributed by atoms with Crippen LogP contribution in [0.25, 0.3) is 0 Å². The zero-order chi connectivity index (χ0) is 14.2. The molecule has 0 aromatic rings. The van der Waals surface area contributed by atoms with Crippen molar-refractivity contribution in [1.82, 2.24) is 10.2 Å². The highest BCUT2D eigenvalue weighted by atomic mass is 15.1. The Hall–Kier alpha value is -0.0800. The van der Waals surface area contributed by atoms with Crippen molar-refractivity contribution in [3.8, 4) is 0 Å². The molecule has 0 aliphatic carbocycles. The molecule has 0 atom stereocenters. The summed E-state index contributed by atoms with van der Waals surface area (Å²) in [6.45, 7) is 22.1. The molecule has 0 aromatic heterocycles. The van der Waals surface area contributed by atoms with Crippen LogP contribution in [-0.4, -0.2) is 37.6 Å². The van der Waals surface area contributed by atoms with Gasteiger partial charge in [0.05, 0.1) is 0 Å². The first-order valence-electron chi connectivity index (χ1n) is 7.70. The maximum absolute atomic E-state index is 3.56. The maximum atomic E-state index is 3.56. The van der Waals surface area contributed by atoms with Crippen molar-refractivity contribution in [2.45, 2.75) is 54.9 Å². The second-order valence-electron chi connectivity index (χ2n) is 7.32. The highest BCUT2D eigenvalue weighted by Gasteiger charge is 2.22. The van der Waals surface area contributed by atoms with E-state index in [4.69, 9.17) is 0 Å². The normalized spacial score (nSPS) is 13.0. The molecular formula is C16H36N2. The Morgan fingerprint density at radius 3 is 1.89 bits per heavy atom. The summed E-state index contributed by atoms with van der Waals surface area (Å²) in [5.74, 6) is 1.51. The van der Waals surface area contributed by atoms with Crippen LogP contribution in [0.4, 0.5) is 0 Å². The van der Waals surface area contributed by atoms with Crippen LogP contribution in [0, 0.1) is 17.3 Å². The predicted octanol–water partition coefficient (Wildman–Crippen LogP) is 3.63. The van der Waals surface area contributed by atoms with Gasteiger partial charge in [0.1, 0.15) is 0 Å². The molecule has 0 bridgehead atoms. The number of hydrogen-bond donors (Lipinski definition) is 1. The van der Waals surface area contributed by atoms with Crippen LogP contribution in [0.1, 0.15) is 54.9 Å². The molecule has 0 aromatic carbocycles. The average Bonchev–Trinajstić information content (AvgIpc) is 2.14. The van der Waals surface area contributed by atoms with Crippen LogP contribution < -0.4 is 5.32 Å². The Bertz CT molecular complexity index is 187. The van der Waals surface area contributed by atoms with Crippen LogP contribution in [-0.2, 0) is 0 Å². The van der Waals surface area contributed by atoms with Gasteiger partial charge in [-0.15, -0.1) is 0 Å². The minimum atomic E-state index is 0.360. The highest BCUT2D eigenvalue weighted by molar-refractivity contribution is 4.77. The molecule has 0 aliphatic rings. The average molecular weight is 256 g/mol. The molecule has 18 heavy (non-hydrogen) atoms. The van der Waals surface area contributed by atoms with E-state index in [1.165, 1.54) is 26.1 Å². The van der Waals surface area contributed by atoms with Crippen molar-refractivity contribution in [3.05, 3.63) is 0 Å². The van der Waals surface area contributed by atoms with Crippen molar-refractivity contribution in [3.63, 3.8) is 0 Å². The lowest BCUT2D eigenvalue weighted by Crippen LogP contribution is -2.43. The molecule has 0 heterocycles. The van der Waals surface area contributed by atoms with Gasteiger partial charge in [-0.25, -0.2) is 0 Å².